The highest BCUT2D eigenvalue weighted by atomic mass is 15.2. The molecule has 71 heavy (non-hydrogen) atoms. The minimum Gasteiger partial charge on any atom is -0.311 e. The second-order valence-electron chi connectivity index (χ2n) is 24.5. The summed E-state index contributed by atoms with van der Waals surface area (Å²) in [6, 6.07) is 58.7. The van der Waals surface area contributed by atoms with E-state index in [1.54, 1.807) is 0 Å². The van der Waals surface area contributed by atoms with E-state index in [0.29, 0.717) is 0 Å². The van der Waals surface area contributed by atoms with Crippen molar-refractivity contribution in [2.45, 2.75) is 126 Å². The smallest absolute Gasteiger partial charge is 0.247 e. The van der Waals surface area contributed by atoms with Gasteiger partial charge in [0.1, 0.15) is 0 Å². The molecule has 0 atom stereocenters. The van der Waals surface area contributed by atoms with Crippen molar-refractivity contribution in [3.8, 4) is 5.69 Å². The average Bonchev–Trinajstić information content (AvgIpc) is 3.65. The maximum Gasteiger partial charge on any atom is 0.247 e. The van der Waals surface area contributed by atoms with E-state index < -0.39 is 0 Å². The third-order valence-corrected chi connectivity index (χ3v) is 16.2. The van der Waals surface area contributed by atoms with Crippen LogP contribution < -0.4 is 26.2 Å². The number of hydrogen-bond acceptors (Lipinski definition) is 2. The largest absolute Gasteiger partial charge is 0.311 e. The van der Waals surface area contributed by atoms with Crippen LogP contribution in [0, 0.1) is 27.7 Å². The summed E-state index contributed by atoms with van der Waals surface area (Å²) in [6.07, 6.45) is 0. The van der Waals surface area contributed by atoms with Crippen molar-refractivity contribution in [2.24, 2.45) is 0 Å². The van der Waals surface area contributed by atoms with Crippen LogP contribution in [0.25, 0.3) is 27.5 Å². The molecule has 11 rings (SSSR count). The Hall–Kier alpha value is -6.78. The van der Waals surface area contributed by atoms with E-state index in [1.165, 1.54) is 128 Å². The van der Waals surface area contributed by atoms with Crippen molar-refractivity contribution in [2.75, 3.05) is 9.80 Å². The van der Waals surface area contributed by atoms with Crippen LogP contribution in [0.3, 0.4) is 0 Å². The van der Waals surface area contributed by atoms with Gasteiger partial charge in [-0.15, -0.1) is 0 Å². The lowest BCUT2D eigenvalue weighted by Crippen LogP contribution is -2.64. The van der Waals surface area contributed by atoms with E-state index >= 15 is 0 Å². The molecular formula is C67H70BN3. The molecule has 0 N–H and O–H groups in total. The number of aryl methyl sites for hydroxylation is 4. The van der Waals surface area contributed by atoms with Gasteiger partial charge in [0.2, 0.25) is 6.71 Å². The van der Waals surface area contributed by atoms with E-state index in [2.05, 4.69) is 270 Å². The fraction of sp³-hybridized carbons (Fsp3) is 0.284. The third-order valence-electron chi connectivity index (χ3n) is 16.2. The summed E-state index contributed by atoms with van der Waals surface area (Å²) in [6.45, 7) is 35.1. The van der Waals surface area contributed by atoms with Crippen LogP contribution in [0.5, 0.6) is 0 Å². The second kappa shape index (κ2) is 16.1. The minimum absolute atomic E-state index is 0.00503. The Kier molecular flexibility index (Phi) is 10.6. The Bertz CT molecular complexity index is 3510. The van der Waals surface area contributed by atoms with Gasteiger partial charge in [-0.1, -0.05) is 173 Å². The van der Waals surface area contributed by atoms with Crippen LogP contribution in [-0.4, -0.2) is 11.3 Å². The van der Waals surface area contributed by atoms with Crippen molar-refractivity contribution in [1.82, 2.24) is 4.57 Å². The lowest BCUT2D eigenvalue weighted by Gasteiger charge is -2.47. The fourth-order valence-electron chi connectivity index (χ4n) is 12.3. The van der Waals surface area contributed by atoms with Gasteiger partial charge in [-0.05, 0) is 166 Å². The molecule has 0 unspecified atom stereocenters. The van der Waals surface area contributed by atoms with Crippen LogP contribution in [0.1, 0.15) is 126 Å². The molecule has 8 aromatic carbocycles. The molecule has 0 saturated heterocycles. The molecule has 1 aromatic heterocycles. The van der Waals surface area contributed by atoms with Crippen LogP contribution in [0.15, 0.2) is 152 Å². The Morgan fingerprint density at radius 1 is 0.465 bits per heavy atom. The van der Waals surface area contributed by atoms with Crippen LogP contribution >= 0.6 is 0 Å². The first-order chi connectivity index (χ1) is 33.6. The number of rotatable bonds is 5. The lowest BCUT2D eigenvalue weighted by atomic mass is 9.30. The number of anilines is 6. The molecule has 0 bridgehead atoms. The summed E-state index contributed by atoms with van der Waals surface area (Å²) < 4.78 is 2.53. The van der Waals surface area contributed by atoms with Gasteiger partial charge in [0.25, 0.3) is 0 Å². The molecule has 3 heterocycles. The van der Waals surface area contributed by atoms with Gasteiger partial charge in [-0.2, -0.15) is 0 Å². The van der Waals surface area contributed by atoms with Gasteiger partial charge in [0.05, 0.1) is 28.1 Å². The molecule has 356 valence electrons. The zero-order valence-electron chi connectivity index (χ0n) is 44.9. The Morgan fingerprint density at radius 2 is 1.01 bits per heavy atom. The van der Waals surface area contributed by atoms with E-state index in [1.807, 2.05) is 0 Å². The molecule has 0 saturated carbocycles. The quantitative estimate of drug-likeness (QED) is 0.159. The molecular weight excluding hydrogens is 858 g/mol. The van der Waals surface area contributed by atoms with Crippen molar-refractivity contribution in [3.63, 3.8) is 0 Å². The number of nitrogens with zero attached hydrogens (tertiary/aromatic N) is 3. The topological polar surface area (TPSA) is 11.4 Å². The Labute approximate surface area is 424 Å². The van der Waals surface area contributed by atoms with Crippen molar-refractivity contribution in [1.29, 1.82) is 0 Å². The number of hydrogen-bond donors (Lipinski definition) is 0. The Morgan fingerprint density at radius 3 is 1.59 bits per heavy atom. The molecule has 9 aromatic rings. The maximum absolute atomic E-state index is 2.65. The van der Waals surface area contributed by atoms with Gasteiger partial charge in [-0.25, -0.2) is 0 Å². The van der Waals surface area contributed by atoms with E-state index in [9.17, 15) is 0 Å². The average molecular weight is 928 g/mol. The van der Waals surface area contributed by atoms with Gasteiger partial charge >= 0.3 is 0 Å². The monoisotopic (exact) mass is 928 g/mol. The molecule has 0 amide bonds. The van der Waals surface area contributed by atoms with Crippen LogP contribution in [0.2, 0.25) is 0 Å². The molecule has 0 radical (unpaired) electrons. The van der Waals surface area contributed by atoms with E-state index in [4.69, 9.17) is 0 Å². The SMILES string of the molecule is Cc1cccc(C)c1N(c1ccc2c(c1)C(C)(C)c1cc(C(C)(C)C)cc3c1B2c1ccc2c(c1N3c1ccccc1)c1cc(C(C)(C)C)ccc1n2-c1ccc(C(C)(C)C)cc1)c1c(C)cccc1C. The third kappa shape index (κ3) is 7.30. The number of benzene rings is 8. The molecule has 0 spiro atoms. The predicted molar refractivity (Wildman–Crippen MR) is 308 cm³/mol. The number of aromatic nitrogens is 1. The summed E-state index contributed by atoms with van der Waals surface area (Å²) in [5.74, 6) is 0. The zero-order valence-corrected chi connectivity index (χ0v) is 44.9. The molecule has 2 aliphatic rings. The standard InChI is InChI=1S/C67H70BN3/c1-41-21-19-22-42(2)61(41)71(62-43(3)23-20-24-44(62)4)50-32-33-54-52(40-50)67(14,15)53-38-47(66(11,12)13)39-58-60(53)68(54)55-34-36-57-59(63(55)70(58)48-25-17-16-18-26-48)51-37-46(65(8,9)10)29-35-56(51)69(57)49-30-27-45(28-31-49)64(5,6)7/h16-40H,1-15H3. The summed E-state index contributed by atoms with van der Waals surface area (Å²) in [7, 11) is 0. The molecule has 0 fully saturated rings. The number of para-hydroxylation sites is 3. The summed E-state index contributed by atoms with van der Waals surface area (Å²) in [5, 5.41) is 2.57. The molecule has 3 nitrogen and oxygen atoms in total. The van der Waals surface area contributed by atoms with Crippen molar-refractivity contribution >= 4 is 79.0 Å². The summed E-state index contributed by atoms with van der Waals surface area (Å²) in [5.41, 5.74) is 26.6. The minimum atomic E-state index is -0.332. The normalized spacial score (nSPS) is 14.2. The summed E-state index contributed by atoms with van der Waals surface area (Å²) in [4.78, 5) is 5.21. The van der Waals surface area contributed by atoms with Gasteiger partial charge in [-0.3, -0.25) is 0 Å². The molecule has 0 aliphatic carbocycles. The van der Waals surface area contributed by atoms with Crippen LogP contribution in [0.4, 0.5) is 34.1 Å². The Balaban J connectivity index is 1.27. The second-order valence-corrected chi connectivity index (χ2v) is 24.5. The van der Waals surface area contributed by atoms with Gasteiger partial charge in [0.15, 0.2) is 0 Å². The molecule has 4 heteroatoms. The van der Waals surface area contributed by atoms with Gasteiger partial charge < -0.3 is 14.4 Å². The van der Waals surface area contributed by atoms with Gasteiger partial charge in [0, 0.05) is 38.9 Å². The van der Waals surface area contributed by atoms with Crippen molar-refractivity contribution < 1.29 is 0 Å². The zero-order chi connectivity index (χ0) is 50.3. The van der Waals surface area contributed by atoms with E-state index in [0.717, 1.165) is 0 Å². The number of fused-ring (bicyclic) bond motifs is 8. The first-order valence-corrected chi connectivity index (χ1v) is 25.9. The predicted octanol–water partition coefficient (Wildman–Crippen LogP) is 16.3. The lowest BCUT2D eigenvalue weighted by molar-refractivity contribution is 0.583. The first kappa shape index (κ1) is 46.6. The van der Waals surface area contributed by atoms with Crippen molar-refractivity contribution in [3.05, 3.63) is 202 Å². The first-order valence-electron chi connectivity index (χ1n) is 25.9. The fourth-order valence-corrected chi connectivity index (χ4v) is 12.3. The molecule has 2 aliphatic heterocycles. The highest BCUT2D eigenvalue weighted by molar-refractivity contribution is 6.99. The maximum atomic E-state index is 2.65. The van der Waals surface area contributed by atoms with Crippen LogP contribution in [-0.2, 0) is 21.7 Å². The highest BCUT2D eigenvalue weighted by Gasteiger charge is 2.48. The highest BCUT2D eigenvalue weighted by Crippen LogP contribution is 2.50. The van der Waals surface area contributed by atoms with E-state index in [-0.39, 0.29) is 28.4 Å². The summed E-state index contributed by atoms with van der Waals surface area (Å²) >= 11 is 0.